The van der Waals surface area contributed by atoms with E-state index in [1.807, 2.05) is 31.2 Å². The van der Waals surface area contributed by atoms with Crippen LogP contribution in [0.4, 0.5) is 15.8 Å². The van der Waals surface area contributed by atoms with Crippen molar-refractivity contribution in [3.05, 3.63) is 57.6 Å². The molecule has 0 saturated carbocycles. The second-order valence-corrected chi connectivity index (χ2v) is 7.78. The van der Waals surface area contributed by atoms with Crippen LogP contribution in [0, 0.1) is 5.82 Å². The Morgan fingerprint density at radius 1 is 1.38 bits per heavy atom. The first kappa shape index (κ1) is 21.5. The number of benzene rings is 2. The summed E-state index contributed by atoms with van der Waals surface area (Å²) in [7, 11) is 1.61. The fourth-order valence-electron chi connectivity index (χ4n) is 3.96. The minimum Gasteiger partial charge on any atom is -0.497 e. The number of aryl methyl sites for hydroxylation is 1. The van der Waals surface area contributed by atoms with Crippen LogP contribution in [0.2, 0.25) is 0 Å². The van der Waals surface area contributed by atoms with Gasteiger partial charge >= 0.3 is 5.97 Å². The van der Waals surface area contributed by atoms with E-state index in [2.05, 4.69) is 5.32 Å². The Morgan fingerprint density at radius 3 is 2.75 bits per heavy atom. The molecule has 0 fully saturated rings. The highest BCUT2D eigenvalue weighted by atomic mass is 19.1. The number of pyridine rings is 1. The monoisotopic (exact) mass is 441 g/mol. The van der Waals surface area contributed by atoms with Crippen LogP contribution in [0.25, 0.3) is 10.9 Å². The molecule has 0 radical (unpaired) electrons. The number of methoxy groups -OCH3 is 1. The van der Waals surface area contributed by atoms with Crippen LogP contribution in [0.3, 0.4) is 0 Å². The Morgan fingerprint density at radius 2 is 2.09 bits per heavy atom. The van der Waals surface area contributed by atoms with E-state index in [-0.39, 0.29) is 35.2 Å². The fraction of sp³-hybridized carbons (Fsp3) is 0.304. The molecule has 0 spiro atoms. The van der Waals surface area contributed by atoms with E-state index in [0.29, 0.717) is 18.5 Å². The molecule has 4 rings (SSSR count). The summed E-state index contributed by atoms with van der Waals surface area (Å²) in [6.07, 6.45) is 2.75. The van der Waals surface area contributed by atoms with Gasteiger partial charge in [0.15, 0.2) is 11.6 Å². The standard InChI is InChI=1S/C23H24FN3O5/c1-12-11-32-22-19(26-9-3-4-13-5-7-14(31-2)8-6-13)17(24)18(25)16-20(22)27(12)10-15(21(16)28)23(29)30/h5-8,10,12,26H,3-4,9,11,25H2,1-2H3,(H,29,30)/t12-/m0/s1. The van der Waals surface area contributed by atoms with Gasteiger partial charge in [-0.15, -0.1) is 0 Å². The summed E-state index contributed by atoms with van der Waals surface area (Å²) in [4.78, 5) is 24.3. The molecule has 0 unspecified atom stereocenters. The molecule has 1 atom stereocenters. The number of nitrogen functional groups attached to an aromatic ring is 1. The fourth-order valence-corrected chi connectivity index (χ4v) is 3.96. The van der Waals surface area contributed by atoms with Gasteiger partial charge in [0.1, 0.15) is 23.6 Å². The molecule has 1 aliphatic heterocycles. The van der Waals surface area contributed by atoms with Crippen LogP contribution in [0.1, 0.15) is 35.3 Å². The van der Waals surface area contributed by atoms with E-state index in [1.165, 1.54) is 6.20 Å². The highest BCUT2D eigenvalue weighted by molar-refractivity contribution is 6.03. The molecule has 1 aromatic heterocycles. The third kappa shape index (κ3) is 3.59. The number of nitrogens with zero attached hydrogens (tertiary/aromatic N) is 1. The van der Waals surface area contributed by atoms with E-state index in [0.717, 1.165) is 17.7 Å². The molecule has 0 amide bonds. The zero-order chi connectivity index (χ0) is 23.0. The van der Waals surface area contributed by atoms with Gasteiger partial charge in [-0.25, -0.2) is 9.18 Å². The van der Waals surface area contributed by atoms with Crippen molar-refractivity contribution in [1.82, 2.24) is 4.57 Å². The summed E-state index contributed by atoms with van der Waals surface area (Å²) >= 11 is 0. The van der Waals surface area contributed by atoms with Gasteiger partial charge in [0.25, 0.3) is 0 Å². The number of aromatic carboxylic acids is 1. The summed E-state index contributed by atoms with van der Waals surface area (Å²) in [6.45, 7) is 2.46. The minimum absolute atomic E-state index is 0.0767. The number of nitrogens with two attached hydrogens (primary N) is 1. The largest absolute Gasteiger partial charge is 0.497 e. The van der Waals surface area contributed by atoms with E-state index >= 15 is 4.39 Å². The maximum Gasteiger partial charge on any atom is 0.341 e. The van der Waals surface area contributed by atoms with Crippen LogP contribution in [-0.2, 0) is 6.42 Å². The number of carbonyl (C=O) groups is 1. The Kier molecular flexibility index (Phi) is 5.65. The summed E-state index contributed by atoms with van der Waals surface area (Å²) in [5.41, 5.74) is 5.81. The number of anilines is 2. The molecule has 4 N–H and O–H groups in total. The average molecular weight is 441 g/mol. The third-order valence-electron chi connectivity index (χ3n) is 5.68. The van der Waals surface area contributed by atoms with Gasteiger partial charge in [0.2, 0.25) is 5.43 Å². The number of hydrogen-bond donors (Lipinski definition) is 3. The van der Waals surface area contributed by atoms with Gasteiger partial charge < -0.3 is 30.2 Å². The second-order valence-electron chi connectivity index (χ2n) is 7.78. The first-order chi connectivity index (χ1) is 15.3. The van der Waals surface area contributed by atoms with E-state index < -0.39 is 22.8 Å². The molecule has 0 bridgehead atoms. The predicted molar refractivity (Wildman–Crippen MR) is 120 cm³/mol. The first-order valence-corrected chi connectivity index (χ1v) is 10.3. The van der Waals surface area contributed by atoms with Crippen LogP contribution in [0.5, 0.6) is 11.5 Å². The topological polar surface area (TPSA) is 116 Å². The maximum atomic E-state index is 15.2. The van der Waals surface area contributed by atoms with Gasteiger partial charge in [-0.2, -0.15) is 0 Å². The van der Waals surface area contributed by atoms with Crippen LogP contribution in [-0.4, -0.2) is 35.9 Å². The van der Waals surface area contributed by atoms with E-state index in [1.54, 1.807) is 11.7 Å². The van der Waals surface area contributed by atoms with Crippen LogP contribution < -0.4 is 26.0 Å². The molecule has 32 heavy (non-hydrogen) atoms. The zero-order valence-electron chi connectivity index (χ0n) is 17.8. The summed E-state index contributed by atoms with van der Waals surface area (Å²) < 4.78 is 27.8. The van der Waals surface area contributed by atoms with E-state index in [9.17, 15) is 14.7 Å². The van der Waals surface area contributed by atoms with Crippen molar-refractivity contribution < 1.29 is 23.8 Å². The van der Waals surface area contributed by atoms with Crippen molar-refractivity contribution in [2.75, 3.05) is 31.3 Å². The molecular formula is C23H24FN3O5. The van der Waals surface area contributed by atoms with Crippen molar-refractivity contribution >= 4 is 28.2 Å². The Bertz CT molecular complexity index is 1250. The summed E-state index contributed by atoms with van der Waals surface area (Å²) in [5, 5.41) is 12.3. The molecule has 3 aromatic rings. The third-order valence-corrected chi connectivity index (χ3v) is 5.68. The minimum atomic E-state index is -1.39. The Balaban J connectivity index is 1.67. The summed E-state index contributed by atoms with van der Waals surface area (Å²) in [5.74, 6) is -1.26. The molecule has 2 aromatic carbocycles. The first-order valence-electron chi connectivity index (χ1n) is 10.3. The van der Waals surface area contributed by atoms with Crippen molar-refractivity contribution in [3.63, 3.8) is 0 Å². The molecular weight excluding hydrogens is 417 g/mol. The SMILES string of the molecule is COc1ccc(CCCNc2c(F)c(N)c3c(=O)c(C(=O)O)cn4c3c2OC[C@@H]4C)cc1. The molecule has 0 saturated heterocycles. The van der Waals surface area contributed by atoms with Gasteiger partial charge in [0, 0.05) is 12.7 Å². The number of halogens is 1. The lowest BCUT2D eigenvalue weighted by atomic mass is 10.0. The molecule has 9 heteroatoms. The zero-order valence-corrected chi connectivity index (χ0v) is 17.8. The Hall–Kier alpha value is -3.75. The average Bonchev–Trinajstić information content (AvgIpc) is 2.78. The molecule has 2 heterocycles. The van der Waals surface area contributed by atoms with Gasteiger partial charge in [0.05, 0.1) is 29.7 Å². The quantitative estimate of drug-likeness (QED) is 0.380. The molecule has 8 nitrogen and oxygen atoms in total. The second kappa shape index (κ2) is 8.41. The maximum absolute atomic E-state index is 15.2. The highest BCUT2D eigenvalue weighted by Crippen LogP contribution is 2.43. The number of carboxylic acids is 1. The molecule has 0 aliphatic carbocycles. The van der Waals surface area contributed by atoms with E-state index in [4.69, 9.17) is 15.2 Å². The van der Waals surface area contributed by atoms with Crippen molar-refractivity contribution in [1.29, 1.82) is 0 Å². The lowest BCUT2D eigenvalue weighted by Gasteiger charge is -2.29. The van der Waals surface area contributed by atoms with Crippen molar-refractivity contribution in [2.24, 2.45) is 0 Å². The van der Waals surface area contributed by atoms with Gasteiger partial charge in [-0.3, -0.25) is 4.79 Å². The number of rotatable bonds is 7. The number of ether oxygens (including phenoxy) is 2. The number of carboxylic acid groups (broad SMARTS) is 1. The van der Waals surface area contributed by atoms with Crippen molar-refractivity contribution in [3.8, 4) is 11.5 Å². The normalized spacial score (nSPS) is 14.8. The number of aromatic nitrogens is 1. The van der Waals surface area contributed by atoms with Crippen LogP contribution in [0.15, 0.2) is 35.3 Å². The number of nitrogens with one attached hydrogen (secondary N) is 1. The predicted octanol–water partition coefficient (Wildman–Crippen LogP) is 3.43. The van der Waals surface area contributed by atoms with Gasteiger partial charge in [-0.1, -0.05) is 12.1 Å². The summed E-state index contributed by atoms with van der Waals surface area (Å²) in [6, 6.07) is 7.46. The molecule has 168 valence electrons. The Labute approximate surface area is 183 Å². The lowest BCUT2D eigenvalue weighted by molar-refractivity contribution is 0.0694. The lowest BCUT2D eigenvalue weighted by Crippen LogP contribution is -2.28. The van der Waals surface area contributed by atoms with Gasteiger partial charge in [-0.05, 0) is 37.5 Å². The highest BCUT2D eigenvalue weighted by Gasteiger charge is 2.30. The molecule has 1 aliphatic rings. The smallest absolute Gasteiger partial charge is 0.341 e. The van der Waals surface area contributed by atoms with Crippen molar-refractivity contribution in [2.45, 2.75) is 25.8 Å². The number of hydrogen-bond acceptors (Lipinski definition) is 6. The van der Waals surface area contributed by atoms with Crippen LogP contribution >= 0.6 is 0 Å².